The van der Waals surface area contributed by atoms with Crippen LogP contribution in [0.25, 0.3) is 11.1 Å². The maximum Gasteiger partial charge on any atom is 0.407 e. The summed E-state index contributed by atoms with van der Waals surface area (Å²) in [4.78, 5) is 35.2. The van der Waals surface area contributed by atoms with Crippen LogP contribution in [-0.4, -0.2) is 57.5 Å². The number of amides is 2. The lowest BCUT2D eigenvalue weighted by Crippen LogP contribution is -2.29. The summed E-state index contributed by atoms with van der Waals surface area (Å²) in [6.07, 6.45) is -0.485. The van der Waals surface area contributed by atoms with Crippen LogP contribution in [0.3, 0.4) is 0 Å². The summed E-state index contributed by atoms with van der Waals surface area (Å²) in [5.41, 5.74) is 5.21. The number of carbonyl (C=O) groups excluding carboxylic acids is 2. The number of fused-ring (bicyclic) bond motifs is 3. The lowest BCUT2D eigenvalue weighted by Gasteiger charge is -2.14. The highest BCUT2D eigenvalue weighted by atomic mass is 32.2. The first kappa shape index (κ1) is 24.3. The van der Waals surface area contributed by atoms with Crippen LogP contribution in [0.5, 0.6) is 0 Å². The van der Waals surface area contributed by atoms with Gasteiger partial charge in [0.05, 0.1) is 18.0 Å². The van der Waals surface area contributed by atoms with Gasteiger partial charge in [-0.25, -0.2) is 9.59 Å². The van der Waals surface area contributed by atoms with Gasteiger partial charge in [0, 0.05) is 25.3 Å². The fourth-order valence-electron chi connectivity index (χ4n) is 4.09. The van der Waals surface area contributed by atoms with Crippen LogP contribution in [0.2, 0.25) is 0 Å². The third kappa shape index (κ3) is 5.83. The minimum atomic E-state index is -1.07. The number of aryl methyl sites for hydroxylation is 1. The number of nitrogens with one attached hydrogen (secondary N) is 2. The van der Waals surface area contributed by atoms with Crippen molar-refractivity contribution in [2.45, 2.75) is 12.5 Å². The van der Waals surface area contributed by atoms with Crippen molar-refractivity contribution in [3.8, 4) is 11.1 Å². The number of alkyl carbamates (subject to hydrolysis) is 1. The van der Waals surface area contributed by atoms with Gasteiger partial charge >= 0.3 is 12.1 Å². The number of carbonyl (C=O) groups is 3. The van der Waals surface area contributed by atoms with E-state index >= 15 is 0 Å². The summed E-state index contributed by atoms with van der Waals surface area (Å²) >= 11 is 1.37. The zero-order valence-corrected chi connectivity index (χ0v) is 20.0. The van der Waals surface area contributed by atoms with E-state index in [9.17, 15) is 14.4 Å². The first-order valence-corrected chi connectivity index (χ1v) is 12.3. The van der Waals surface area contributed by atoms with Crippen molar-refractivity contribution in [1.82, 2.24) is 20.4 Å². The Labute approximate surface area is 206 Å². The molecule has 1 heterocycles. The summed E-state index contributed by atoms with van der Waals surface area (Å²) in [5.74, 6) is -0.498. The van der Waals surface area contributed by atoms with E-state index in [-0.39, 0.29) is 36.4 Å². The number of carboxylic acids is 1. The second kappa shape index (κ2) is 11.1. The SMILES string of the molecule is Cn1nc(CNC(=O)CSCCNC(=O)OCC2c3ccccc3-c3ccccc32)cc1C(=O)O. The standard InChI is InChI=1S/C25H26N4O5S/c1-29-22(24(31)32)12-16(28-29)13-27-23(30)15-35-11-10-26-25(33)34-14-21-19-8-4-2-6-17(19)18-7-3-5-9-20(18)21/h2-9,12,21H,10-11,13-15H2,1H3,(H,26,33)(H,27,30)(H,31,32). The van der Waals surface area contributed by atoms with E-state index in [1.54, 1.807) is 0 Å². The molecule has 3 N–H and O–H groups in total. The highest BCUT2D eigenvalue weighted by molar-refractivity contribution is 7.99. The number of thioether (sulfide) groups is 1. The first-order chi connectivity index (χ1) is 16.9. The molecule has 0 saturated carbocycles. The van der Waals surface area contributed by atoms with Crippen LogP contribution in [0, 0.1) is 0 Å². The molecule has 0 aliphatic heterocycles. The summed E-state index contributed by atoms with van der Waals surface area (Å²) < 4.78 is 6.75. The predicted molar refractivity (Wildman–Crippen MR) is 132 cm³/mol. The number of rotatable bonds is 10. The molecule has 0 radical (unpaired) electrons. The molecule has 9 nitrogen and oxygen atoms in total. The van der Waals surface area contributed by atoms with Crippen molar-refractivity contribution in [3.05, 3.63) is 77.1 Å². The van der Waals surface area contributed by atoms with E-state index < -0.39 is 12.1 Å². The summed E-state index contributed by atoms with van der Waals surface area (Å²) in [7, 11) is 1.54. The Kier molecular flexibility index (Phi) is 7.71. The number of nitrogens with zero attached hydrogens (tertiary/aromatic N) is 2. The van der Waals surface area contributed by atoms with Gasteiger partial charge in [0.25, 0.3) is 0 Å². The van der Waals surface area contributed by atoms with Gasteiger partial charge in [-0.2, -0.15) is 16.9 Å². The molecule has 0 saturated heterocycles. The van der Waals surface area contributed by atoms with E-state index in [1.807, 2.05) is 24.3 Å². The van der Waals surface area contributed by atoms with E-state index in [4.69, 9.17) is 9.84 Å². The Morgan fingerprint density at radius 2 is 1.71 bits per heavy atom. The van der Waals surface area contributed by atoms with Crippen molar-refractivity contribution in [2.75, 3.05) is 24.7 Å². The minimum absolute atomic E-state index is 0.0110. The number of hydrogen-bond donors (Lipinski definition) is 3. The molecule has 1 aliphatic rings. The van der Waals surface area contributed by atoms with Crippen LogP contribution in [0.4, 0.5) is 4.79 Å². The summed E-state index contributed by atoms with van der Waals surface area (Å²) in [6, 6.07) is 17.8. The highest BCUT2D eigenvalue weighted by Crippen LogP contribution is 2.44. The average Bonchev–Trinajstić information content (AvgIpc) is 3.39. The van der Waals surface area contributed by atoms with Crippen molar-refractivity contribution >= 4 is 29.7 Å². The molecule has 10 heteroatoms. The third-order valence-electron chi connectivity index (χ3n) is 5.71. The summed E-state index contributed by atoms with van der Waals surface area (Å²) in [5, 5.41) is 18.5. The molecule has 0 bridgehead atoms. The largest absolute Gasteiger partial charge is 0.477 e. The van der Waals surface area contributed by atoms with Gasteiger partial charge in [0.15, 0.2) is 0 Å². The van der Waals surface area contributed by atoms with Crippen LogP contribution < -0.4 is 10.6 Å². The van der Waals surface area contributed by atoms with Gasteiger partial charge in [0.1, 0.15) is 12.3 Å². The van der Waals surface area contributed by atoms with Crippen LogP contribution >= 0.6 is 11.8 Å². The molecule has 2 amide bonds. The molecule has 0 atom stereocenters. The molecule has 0 spiro atoms. The normalized spacial score (nSPS) is 12.0. The molecule has 4 rings (SSSR count). The second-order valence-electron chi connectivity index (χ2n) is 8.03. The Balaban J connectivity index is 1.14. The van der Waals surface area contributed by atoms with Gasteiger partial charge in [0.2, 0.25) is 5.91 Å². The first-order valence-electron chi connectivity index (χ1n) is 11.1. The zero-order valence-electron chi connectivity index (χ0n) is 19.2. The molecule has 182 valence electrons. The Morgan fingerprint density at radius 3 is 2.34 bits per heavy atom. The van der Waals surface area contributed by atoms with Crippen LogP contribution in [0.1, 0.15) is 33.2 Å². The molecular formula is C25H26N4O5S. The minimum Gasteiger partial charge on any atom is -0.477 e. The molecule has 0 unspecified atom stereocenters. The fraction of sp³-hybridized carbons (Fsp3) is 0.280. The fourth-order valence-corrected chi connectivity index (χ4v) is 4.77. The third-order valence-corrected chi connectivity index (χ3v) is 6.67. The maximum absolute atomic E-state index is 12.2. The predicted octanol–water partition coefficient (Wildman–Crippen LogP) is 3.01. The molecule has 35 heavy (non-hydrogen) atoms. The van der Waals surface area contributed by atoms with Crippen molar-refractivity contribution in [3.63, 3.8) is 0 Å². The van der Waals surface area contributed by atoms with E-state index in [1.165, 1.54) is 40.7 Å². The van der Waals surface area contributed by atoms with Crippen LogP contribution in [-0.2, 0) is 23.1 Å². The lowest BCUT2D eigenvalue weighted by molar-refractivity contribution is -0.118. The molecule has 1 aliphatic carbocycles. The number of aromatic carboxylic acids is 1. The molecule has 1 aromatic heterocycles. The van der Waals surface area contributed by atoms with E-state index in [2.05, 4.69) is 40.0 Å². The Bertz CT molecular complexity index is 1200. The van der Waals surface area contributed by atoms with E-state index in [0.29, 0.717) is 18.0 Å². The maximum atomic E-state index is 12.2. The number of aromatic nitrogens is 2. The van der Waals surface area contributed by atoms with Gasteiger partial charge < -0.3 is 20.5 Å². The monoisotopic (exact) mass is 494 g/mol. The number of hydrogen-bond acceptors (Lipinski definition) is 6. The van der Waals surface area contributed by atoms with Gasteiger partial charge in [-0.05, 0) is 28.3 Å². The van der Waals surface area contributed by atoms with E-state index in [0.717, 1.165) is 11.1 Å². The molecule has 0 fully saturated rings. The van der Waals surface area contributed by atoms with Crippen molar-refractivity contribution in [2.24, 2.45) is 7.05 Å². The number of benzene rings is 2. The Hall–Kier alpha value is -3.79. The van der Waals surface area contributed by atoms with Gasteiger partial charge in [-0.1, -0.05) is 48.5 Å². The topological polar surface area (TPSA) is 123 Å². The van der Waals surface area contributed by atoms with Gasteiger partial charge in [-0.3, -0.25) is 9.48 Å². The van der Waals surface area contributed by atoms with Crippen molar-refractivity contribution in [1.29, 1.82) is 0 Å². The number of carboxylic acid groups (broad SMARTS) is 1. The lowest BCUT2D eigenvalue weighted by atomic mass is 9.98. The molecule has 2 aromatic carbocycles. The molecule has 3 aromatic rings. The molecular weight excluding hydrogens is 468 g/mol. The smallest absolute Gasteiger partial charge is 0.407 e. The zero-order chi connectivity index (χ0) is 24.8. The quantitative estimate of drug-likeness (QED) is 0.370. The van der Waals surface area contributed by atoms with Crippen molar-refractivity contribution < 1.29 is 24.2 Å². The van der Waals surface area contributed by atoms with Crippen LogP contribution in [0.15, 0.2) is 54.6 Å². The highest BCUT2D eigenvalue weighted by Gasteiger charge is 2.28. The summed E-state index contributed by atoms with van der Waals surface area (Å²) in [6.45, 7) is 0.780. The number of ether oxygens (including phenoxy) is 1. The van der Waals surface area contributed by atoms with Gasteiger partial charge in [-0.15, -0.1) is 0 Å². The Morgan fingerprint density at radius 1 is 1.06 bits per heavy atom. The average molecular weight is 495 g/mol. The second-order valence-corrected chi connectivity index (χ2v) is 9.14.